The van der Waals surface area contributed by atoms with Gasteiger partial charge in [-0.25, -0.2) is 4.39 Å². The zero-order valence-corrected chi connectivity index (χ0v) is 17.7. The standard InChI is InChI=1S/C22H26FN3O2S/c1-25(2)20(15-5-4-6-17(23)11-15)13-24-22(28)16-12-21(27)26(14-16)18-7-9-19(29-3)10-8-18/h4-11,16,20H,12-14H2,1-3H3,(H,24,28)/t16-,20-/m1/s1. The lowest BCUT2D eigenvalue weighted by Gasteiger charge is -2.25. The number of carbonyl (C=O) groups is 2. The Labute approximate surface area is 175 Å². The first-order valence-electron chi connectivity index (χ1n) is 9.53. The lowest BCUT2D eigenvalue weighted by molar-refractivity contribution is -0.126. The Kier molecular flexibility index (Phi) is 6.92. The lowest BCUT2D eigenvalue weighted by atomic mass is 10.0. The van der Waals surface area contributed by atoms with Crippen LogP contribution in [-0.4, -0.2) is 50.2 Å². The molecule has 2 aromatic carbocycles. The molecule has 1 N–H and O–H groups in total. The minimum Gasteiger partial charge on any atom is -0.354 e. The molecule has 2 amide bonds. The van der Waals surface area contributed by atoms with Gasteiger partial charge in [0.05, 0.1) is 12.0 Å². The Morgan fingerprint density at radius 1 is 1.28 bits per heavy atom. The normalized spacial score (nSPS) is 17.6. The summed E-state index contributed by atoms with van der Waals surface area (Å²) >= 11 is 1.64. The summed E-state index contributed by atoms with van der Waals surface area (Å²) in [7, 11) is 3.78. The number of hydrogen-bond donors (Lipinski definition) is 1. The van der Waals surface area contributed by atoms with E-state index in [-0.39, 0.29) is 30.1 Å². The average molecular weight is 416 g/mol. The second kappa shape index (κ2) is 9.41. The molecule has 3 rings (SSSR count). The number of amides is 2. The first-order valence-corrected chi connectivity index (χ1v) is 10.8. The van der Waals surface area contributed by atoms with Crippen LogP contribution in [0.25, 0.3) is 0 Å². The summed E-state index contributed by atoms with van der Waals surface area (Å²) in [5.41, 5.74) is 1.61. The third kappa shape index (κ3) is 5.16. The largest absolute Gasteiger partial charge is 0.354 e. The second-order valence-electron chi connectivity index (χ2n) is 7.38. The van der Waals surface area contributed by atoms with E-state index in [0.717, 1.165) is 16.1 Å². The van der Waals surface area contributed by atoms with Crippen molar-refractivity contribution < 1.29 is 14.0 Å². The topological polar surface area (TPSA) is 52.7 Å². The third-order valence-electron chi connectivity index (χ3n) is 5.21. The van der Waals surface area contributed by atoms with E-state index in [1.165, 1.54) is 12.1 Å². The number of nitrogens with one attached hydrogen (secondary N) is 1. The number of halogens is 1. The van der Waals surface area contributed by atoms with Gasteiger partial charge in [-0.15, -0.1) is 11.8 Å². The molecule has 1 fully saturated rings. The smallest absolute Gasteiger partial charge is 0.227 e. The van der Waals surface area contributed by atoms with Crippen LogP contribution in [0.5, 0.6) is 0 Å². The molecule has 1 saturated heterocycles. The van der Waals surface area contributed by atoms with Crippen molar-refractivity contribution in [3.05, 3.63) is 59.9 Å². The quantitative estimate of drug-likeness (QED) is 0.705. The van der Waals surface area contributed by atoms with Crippen molar-refractivity contribution in [3.8, 4) is 0 Å². The summed E-state index contributed by atoms with van der Waals surface area (Å²) in [4.78, 5) is 29.9. The van der Waals surface area contributed by atoms with E-state index in [1.54, 1.807) is 22.7 Å². The molecule has 0 bridgehead atoms. The Bertz CT molecular complexity index is 873. The van der Waals surface area contributed by atoms with Crippen LogP contribution in [0.15, 0.2) is 53.4 Å². The van der Waals surface area contributed by atoms with Gasteiger partial charge in [0, 0.05) is 30.1 Å². The lowest BCUT2D eigenvalue weighted by Crippen LogP contribution is -2.38. The summed E-state index contributed by atoms with van der Waals surface area (Å²) in [6, 6.07) is 14.0. The highest BCUT2D eigenvalue weighted by Gasteiger charge is 2.35. The van der Waals surface area contributed by atoms with E-state index in [0.29, 0.717) is 13.1 Å². The molecule has 1 aliphatic heterocycles. The van der Waals surface area contributed by atoms with Gasteiger partial charge in [0.2, 0.25) is 11.8 Å². The predicted octanol–water partition coefficient (Wildman–Crippen LogP) is 3.32. The van der Waals surface area contributed by atoms with E-state index in [2.05, 4.69) is 5.32 Å². The van der Waals surface area contributed by atoms with Crippen LogP contribution in [-0.2, 0) is 9.59 Å². The summed E-state index contributed by atoms with van der Waals surface area (Å²) in [6.07, 6.45) is 2.20. The van der Waals surface area contributed by atoms with Crippen LogP contribution in [0.4, 0.5) is 10.1 Å². The summed E-state index contributed by atoms with van der Waals surface area (Å²) in [5, 5.41) is 2.95. The highest BCUT2D eigenvalue weighted by Crippen LogP contribution is 2.27. The maximum absolute atomic E-state index is 13.6. The highest BCUT2D eigenvalue weighted by atomic mass is 32.2. The SMILES string of the molecule is CSc1ccc(N2C[C@H](C(=O)NC[C@H](c3cccc(F)c3)N(C)C)CC2=O)cc1. The van der Waals surface area contributed by atoms with Gasteiger partial charge in [-0.3, -0.25) is 9.59 Å². The first kappa shape index (κ1) is 21.3. The fourth-order valence-electron chi connectivity index (χ4n) is 3.55. The van der Waals surface area contributed by atoms with Gasteiger partial charge < -0.3 is 15.1 Å². The number of nitrogens with zero attached hydrogens (tertiary/aromatic N) is 2. The number of thioether (sulfide) groups is 1. The number of rotatable bonds is 7. The molecule has 1 aliphatic rings. The molecule has 0 spiro atoms. The number of anilines is 1. The molecule has 1 heterocycles. The van der Waals surface area contributed by atoms with E-state index < -0.39 is 5.92 Å². The first-order chi connectivity index (χ1) is 13.9. The Morgan fingerprint density at radius 2 is 2.00 bits per heavy atom. The predicted molar refractivity (Wildman–Crippen MR) is 115 cm³/mol. The molecule has 0 aromatic heterocycles. The minimum absolute atomic E-state index is 0.0451. The number of likely N-dealkylation sites (N-methyl/N-ethyl adjacent to an activating group) is 1. The minimum atomic E-state index is -0.391. The van der Waals surface area contributed by atoms with Gasteiger partial charge in [0.25, 0.3) is 0 Å². The van der Waals surface area contributed by atoms with Crippen molar-refractivity contribution in [2.24, 2.45) is 5.92 Å². The van der Waals surface area contributed by atoms with Crippen LogP contribution in [0.3, 0.4) is 0 Å². The van der Waals surface area contributed by atoms with Crippen molar-refractivity contribution in [2.75, 3.05) is 38.3 Å². The molecule has 2 atom stereocenters. The number of carbonyl (C=O) groups excluding carboxylic acids is 2. The zero-order chi connectivity index (χ0) is 21.0. The average Bonchev–Trinajstić information content (AvgIpc) is 3.09. The van der Waals surface area contributed by atoms with E-state index in [9.17, 15) is 14.0 Å². The number of hydrogen-bond acceptors (Lipinski definition) is 4. The molecule has 7 heteroatoms. The van der Waals surface area contributed by atoms with Gasteiger partial charge in [-0.2, -0.15) is 0 Å². The van der Waals surface area contributed by atoms with Crippen molar-refractivity contribution in [2.45, 2.75) is 17.4 Å². The third-order valence-corrected chi connectivity index (χ3v) is 5.95. The van der Waals surface area contributed by atoms with E-state index >= 15 is 0 Å². The monoisotopic (exact) mass is 415 g/mol. The van der Waals surface area contributed by atoms with Crippen LogP contribution in [0, 0.1) is 11.7 Å². The molecule has 154 valence electrons. The fraction of sp³-hybridized carbons (Fsp3) is 0.364. The van der Waals surface area contributed by atoms with Crippen molar-refractivity contribution >= 4 is 29.3 Å². The number of benzene rings is 2. The van der Waals surface area contributed by atoms with Gasteiger partial charge in [-0.1, -0.05) is 12.1 Å². The molecular formula is C22H26FN3O2S. The van der Waals surface area contributed by atoms with Gasteiger partial charge in [0.15, 0.2) is 0 Å². The van der Waals surface area contributed by atoms with E-state index in [1.807, 2.05) is 55.6 Å². The highest BCUT2D eigenvalue weighted by molar-refractivity contribution is 7.98. The van der Waals surface area contributed by atoms with E-state index in [4.69, 9.17) is 0 Å². The van der Waals surface area contributed by atoms with Crippen LogP contribution >= 0.6 is 11.8 Å². The van der Waals surface area contributed by atoms with Gasteiger partial charge in [-0.05, 0) is 62.3 Å². The van der Waals surface area contributed by atoms with Gasteiger partial charge in [0.1, 0.15) is 5.82 Å². The Balaban J connectivity index is 1.62. The fourth-order valence-corrected chi connectivity index (χ4v) is 3.96. The molecular weight excluding hydrogens is 389 g/mol. The van der Waals surface area contributed by atoms with Crippen LogP contribution in [0.1, 0.15) is 18.0 Å². The van der Waals surface area contributed by atoms with Crippen molar-refractivity contribution in [1.29, 1.82) is 0 Å². The van der Waals surface area contributed by atoms with Crippen molar-refractivity contribution in [1.82, 2.24) is 10.2 Å². The maximum atomic E-state index is 13.6. The summed E-state index contributed by atoms with van der Waals surface area (Å²) in [5.74, 6) is -0.885. The van der Waals surface area contributed by atoms with Crippen LogP contribution < -0.4 is 10.2 Å². The molecule has 0 unspecified atom stereocenters. The Hall–Kier alpha value is -2.38. The van der Waals surface area contributed by atoms with Crippen molar-refractivity contribution in [3.63, 3.8) is 0 Å². The van der Waals surface area contributed by atoms with Gasteiger partial charge >= 0.3 is 0 Å². The molecule has 2 aromatic rings. The summed E-state index contributed by atoms with van der Waals surface area (Å²) < 4.78 is 13.6. The molecule has 0 radical (unpaired) electrons. The summed E-state index contributed by atoms with van der Waals surface area (Å²) in [6.45, 7) is 0.721. The molecule has 29 heavy (non-hydrogen) atoms. The molecule has 0 aliphatic carbocycles. The maximum Gasteiger partial charge on any atom is 0.227 e. The Morgan fingerprint density at radius 3 is 2.62 bits per heavy atom. The zero-order valence-electron chi connectivity index (χ0n) is 16.9. The second-order valence-corrected chi connectivity index (χ2v) is 8.26. The van der Waals surface area contributed by atoms with Crippen LogP contribution in [0.2, 0.25) is 0 Å². The molecule has 5 nitrogen and oxygen atoms in total. The molecule has 0 saturated carbocycles.